The van der Waals surface area contributed by atoms with Crippen LogP contribution in [0.5, 0.6) is 0 Å². The molecule has 1 unspecified atom stereocenters. The summed E-state index contributed by atoms with van der Waals surface area (Å²) in [6, 6.07) is 15.1. The average Bonchev–Trinajstić information content (AvgIpc) is 3.09. The molecule has 1 aliphatic rings. The maximum atomic E-state index is 8.96. The molecule has 96 valence electrons. The molecule has 3 rings (SSSR count). The Labute approximate surface area is 117 Å². The lowest BCUT2D eigenvalue weighted by molar-refractivity contribution is 0.251. The molecular weight excluding hydrogens is 252 g/mol. The molecule has 0 radical (unpaired) electrons. The second-order valence-electron chi connectivity index (χ2n) is 4.96. The SMILES string of the molecule is N#Cc1cccc(CN2CCCC2c2cccs2)c1. The molecular formula is C16H16N2S. The van der Waals surface area contributed by atoms with Crippen LogP contribution in [-0.4, -0.2) is 11.4 Å². The highest BCUT2D eigenvalue weighted by molar-refractivity contribution is 7.10. The summed E-state index contributed by atoms with van der Waals surface area (Å²) < 4.78 is 0. The van der Waals surface area contributed by atoms with Gasteiger partial charge in [-0.05, 0) is 48.5 Å². The van der Waals surface area contributed by atoms with Crippen molar-refractivity contribution < 1.29 is 0 Å². The Balaban J connectivity index is 1.77. The molecule has 2 heterocycles. The summed E-state index contributed by atoms with van der Waals surface area (Å²) >= 11 is 1.85. The molecule has 0 saturated carbocycles. The Morgan fingerprint density at radius 3 is 3.05 bits per heavy atom. The lowest BCUT2D eigenvalue weighted by atomic mass is 10.1. The van der Waals surface area contributed by atoms with Crippen LogP contribution in [0.25, 0.3) is 0 Å². The molecule has 0 bridgehead atoms. The monoisotopic (exact) mass is 268 g/mol. The maximum absolute atomic E-state index is 8.96. The van der Waals surface area contributed by atoms with Gasteiger partial charge in [0.1, 0.15) is 0 Å². The second-order valence-corrected chi connectivity index (χ2v) is 5.94. The molecule has 2 nitrogen and oxygen atoms in total. The van der Waals surface area contributed by atoms with Gasteiger partial charge in [0.2, 0.25) is 0 Å². The smallest absolute Gasteiger partial charge is 0.0991 e. The number of benzene rings is 1. The Morgan fingerprint density at radius 1 is 1.32 bits per heavy atom. The second kappa shape index (κ2) is 5.56. The maximum Gasteiger partial charge on any atom is 0.0991 e. The molecule has 1 atom stereocenters. The molecule has 0 amide bonds. The van der Waals surface area contributed by atoms with Gasteiger partial charge in [0.05, 0.1) is 11.6 Å². The number of nitriles is 1. The van der Waals surface area contributed by atoms with Gasteiger partial charge in [-0.25, -0.2) is 0 Å². The summed E-state index contributed by atoms with van der Waals surface area (Å²) in [5, 5.41) is 11.1. The quantitative estimate of drug-likeness (QED) is 0.842. The molecule has 19 heavy (non-hydrogen) atoms. The molecule has 0 N–H and O–H groups in total. The zero-order valence-corrected chi connectivity index (χ0v) is 11.6. The van der Waals surface area contributed by atoms with Crippen molar-refractivity contribution in [2.24, 2.45) is 0 Å². The fraction of sp³-hybridized carbons (Fsp3) is 0.312. The first-order valence-electron chi connectivity index (χ1n) is 6.63. The zero-order chi connectivity index (χ0) is 13.1. The molecule has 1 aliphatic heterocycles. The average molecular weight is 268 g/mol. The van der Waals surface area contributed by atoms with Crippen LogP contribution in [0.2, 0.25) is 0 Å². The van der Waals surface area contributed by atoms with Crippen molar-refractivity contribution in [2.75, 3.05) is 6.54 Å². The van der Waals surface area contributed by atoms with E-state index < -0.39 is 0 Å². The molecule has 3 heteroatoms. The third kappa shape index (κ3) is 2.70. The van der Waals surface area contributed by atoms with E-state index in [1.54, 1.807) is 0 Å². The predicted octanol–water partition coefficient (Wildman–Crippen LogP) is 3.96. The summed E-state index contributed by atoms with van der Waals surface area (Å²) in [5.74, 6) is 0. The van der Waals surface area contributed by atoms with E-state index in [9.17, 15) is 0 Å². The van der Waals surface area contributed by atoms with Crippen molar-refractivity contribution in [3.8, 4) is 6.07 Å². The standard InChI is InChI=1S/C16H16N2S/c17-11-13-4-1-5-14(10-13)12-18-8-2-6-15(18)16-7-3-9-19-16/h1,3-5,7,9-10,15H,2,6,8,12H2. The van der Waals surface area contributed by atoms with E-state index in [4.69, 9.17) is 5.26 Å². The number of likely N-dealkylation sites (tertiary alicyclic amines) is 1. The fourth-order valence-corrected chi connectivity index (χ4v) is 3.69. The van der Waals surface area contributed by atoms with Crippen molar-refractivity contribution in [2.45, 2.75) is 25.4 Å². The predicted molar refractivity (Wildman–Crippen MR) is 77.9 cm³/mol. The van der Waals surface area contributed by atoms with E-state index in [1.807, 2.05) is 29.5 Å². The van der Waals surface area contributed by atoms with Crippen molar-refractivity contribution in [1.29, 1.82) is 5.26 Å². The fourth-order valence-electron chi connectivity index (χ4n) is 2.79. The van der Waals surface area contributed by atoms with Gasteiger partial charge in [-0.3, -0.25) is 4.90 Å². The van der Waals surface area contributed by atoms with E-state index in [2.05, 4.69) is 34.5 Å². The molecule has 0 spiro atoms. The third-order valence-electron chi connectivity index (χ3n) is 3.68. The van der Waals surface area contributed by atoms with E-state index in [0.717, 1.165) is 18.7 Å². The van der Waals surface area contributed by atoms with Crippen LogP contribution >= 0.6 is 11.3 Å². The van der Waals surface area contributed by atoms with Gasteiger partial charge in [-0.15, -0.1) is 11.3 Å². The Hall–Kier alpha value is -1.63. The van der Waals surface area contributed by atoms with Crippen molar-refractivity contribution in [3.05, 3.63) is 57.8 Å². The van der Waals surface area contributed by atoms with E-state index >= 15 is 0 Å². The van der Waals surface area contributed by atoms with Crippen LogP contribution in [0, 0.1) is 11.3 Å². The first kappa shape index (κ1) is 12.4. The normalized spacial score (nSPS) is 19.4. The van der Waals surface area contributed by atoms with Gasteiger partial charge in [-0.1, -0.05) is 18.2 Å². The third-order valence-corrected chi connectivity index (χ3v) is 4.65. The summed E-state index contributed by atoms with van der Waals surface area (Å²) in [6.07, 6.45) is 2.51. The minimum Gasteiger partial charge on any atom is -0.291 e. The van der Waals surface area contributed by atoms with Gasteiger partial charge in [0, 0.05) is 17.5 Å². The zero-order valence-electron chi connectivity index (χ0n) is 10.7. The number of rotatable bonds is 3. The molecule has 2 aromatic rings. The molecule has 1 fully saturated rings. The van der Waals surface area contributed by atoms with Gasteiger partial charge >= 0.3 is 0 Å². The Morgan fingerprint density at radius 2 is 2.26 bits per heavy atom. The number of hydrogen-bond acceptors (Lipinski definition) is 3. The largest absolute Gasteiger partial charge is 0.291 e. The van der Waals surface area contributed by atoms with Crippen LogP contribution in [0.15, 0.2) is 41.8 Å². The minimum absolute atomic E-state index is 0.561. The summed E-state index contributed by atoms with van der Waals surface area (Å²) in [7, 11) is 0. The van der Waals surface area contributed by atoms with Gasteiger partial charge in [0.15, 0.2) is 0 Å². The van der Waals surface area contributed by atoms with Gasteiger partial charge in [-0.2, -0.15) is 5.26 Å². The highest BCUT2D eigenvalue weighted by atomic mass is 32.1. The van der Waals surface area contributed by atoms with Crippen LogP contribution in [0.1, 0.15) is 34.9 Å². The molecule has 0 aliphatic carbocycles. The summed E-state index contributed by atoms with van der Waals surface area (Å²) in [5.41, 5.74) is 1.99. The lowest BCUT2D eigenvalue weighted by Crippen LogP contribution is -2.22. The number of nitrogens with zero attached hydrogens (tertiary/aromatic N) is 2. The van der Waals surface area contributed by atoms with Crippen molar-refractivity contribution in [3.63, 3.8) is 0 Å². The van der Waals surface area contributed by atoms with E-state index in [-0.39, 0.29) is 0 Å². The van der Waals surface area contributed by atoms with Crippen molar-refractivity contribution >= 4 is 11.3 Å². The molecule has 1 aromatic carbocycles. The molecule has 1 saturated heterocycles. The minimum atomic E-state index is 0.561. The highest BCUT2D eigenvalue weighted by Crippen LogP contribution is 2.35. The molecule has 1 aromatic heterocycles. The first-order chi connectivity index (χ1) is 9.36. The van der Waals surface area contributed by atoms with E-state index in [0.29, 0.717) is 6.04 Å². The summed E-state index contributed by atoms with van der Waals surface area (Å²) in [6.45, 7) is 2.09. The topological polar surface area (TPSA) is 27.0 Å². The Kier molecular flexibility index (Phi) is 3.63. The van der Waals surface area contributed by atoms with Crippen LogP contribution < -0.4 is 0 Å². The van der Waals surface area contributed by atoms with Gasteiger partial charge in [0.25, 0.3) is 0 Å². The number of hydrogen-bond donors (Lipinski definition) is 0. The van der Waals surface area contributed by atoms with Crippen LogP contribution in [-0.2, 0) is 6.54 Å². The Bertz CT molecular complexity index is 583. The lowest BCUT2D eigenvalue weighted by Gasteiger charge is -2.23. The van der Waals surface area contributed by atoms with Crippen LogP contribution in [0.4, 0.5) is 0 Å². The number of thiophene rings is 1. The summed E-state index contributed by atoms with van der Waals surface area (Å²) in [4.78, 5) is 4.00. The van der Waals surface area contributed by atoms with Crippen LogP contribution in [0.3, 0.4) is 0 Å². The van der Waals surface area contributed by atoms with Crippen molar-refractivity contribution in [1.82, 2.24) is 4.90 Å². The highest BCUT2D eigenvalue weighted by Gasteiger charge is 2.26. The van der Waals surface area contributed by atoms with Gasteiger partial charge < -0.3 is 0 Å². The first-order valence-corrected chi connectivity index (χ1v) is 7.51. The van der Waals surface area contributed by atoms with E-state index in [1.165, 1.54) is 23.3 Å².